The van der Waals surface area contributed by atoms with Crippen LogP contribution in [0.5, 0.6) is 0 Å². The van der Waals surface area contributed by atoms with Gasteiger partial charge < -0.3 is 15.4 Å². The Hall–Kier alpha value is -1.07. The Morgan fingerprint density at radius 3 is 2.85 bits per heavy atom. The summed E-state index contributed by atoms with van der Waals surface area (Å²) in [5.41, 5.74) is 6.97. The summed E-state index contributed by atoms with van der Waals surface area (Å²) in [6, 6.07) is 2.18. The molecule has 0 aliphatic carbocycles. The van der Waals surface area contributed by atoms with Crippen LogP contribution in [0.15, 0.2) is 16.8 Å². The van der Waals surface area contributed by atoms with Gasteiger partial charge in [0.1, 0.15) is 5.60 Å². The first-order valence-corrected chi connectivity index (χ1v) is 8.02. The van der Waals surface area contributed by atoms with E-state index >= 15 is 0 Å². The minimum absolute atomic E-state index is 0.0416. The highest BCUT2D eigenvalue weighted by molar-refractivity contribution is 7.07. The van der Waals surface area contributed by atoms with Gasteiger partial charge in [0, 0.05) is 19.1 Å². The monoisotopic (exact) mass is 296 g/mol. The van der Waals surface area contributed by atoms with Crippen molar-refractivity contribution >= 4 is 17.4 Å². The van der Waals surface area contributed by atoms with Crippen LogP contribution in [0.1, 0.15) is 32.8 Å². The van der Waals surface area contributed by atoms with Crippen LogP contribution in [-0.4, -0.2) is 35.7 Å². The van der Waals surface area contributed by atoms with Crippen molar-refractivity contribution in [3.63, 3.8) is 0 Å². The molecule has 1 saturated heterocycles. The minimum Gasteiger partial charge on any atom is -0.444 e. The first kappa shape index (κ1) is 15.3. The van der Waals surface area contributed by atoms with Gasteiger partial charge in [0.2, 0.25) is 0 Å². The summed E-state index contributed by atoms with van der Waals surface area (Å²) in [5.74, 6) is 0.417. The van der Waals surface area contributed by atoms with Crippen molar-refractivity contribution in [2.45, 2.75) is 45.3 Å². The predicted molar refractivity (Wildman–Crippen MR) is 81.9 cm³/mol. The van der Waals surface area contributed by atoms with Crippen molar-refractivity contribution in [1.82, 2.24) is 4.90 Å². The Kier molecular flexibility index (Phi) is 4.70. The van der Waals surface area contributed by atoms with E-state index in [1.54, 1.807) is 16.2 Å². The molecule has 0 spiro atoms. The van der Waals surface area contributed by atoms with Gasteiger partial charge in [-0.25, -0.2) is 4.79 Å². The van der Waals surface area contributed by atoms with E-state index in [1.807, 2.05) is 20.8 Å². The number of nitrogens with two attached hydrogens (primary N) is 1. The van der Waals surface area contributed by atoms with E-state index in [0.29, 0.717) is 12.5 Å². The highest BCUT2D eigenvalue weighted by atomic mass is 32.1. The smallest absolute Gasteiger partial charge is 0.410 e. The molecule has 2 atom stereocenters. The average Bonchev–Trinajstić information content (AvgIpc) is 2.78. The summed E-state index contributed by atoms with van der Waals surface area (Å²) in [6.07, 6.45) is 1.70. The van der Waals surface area contributed by atoms with E-state index in [2.05, 4.69) is 16.8 Å². The topological polar surface area (TPSA) is 55.6 Å². The molecule has 0 radical (unpaired) electrons. The molecular formula is C15H24N2O2S. The van der Waals surface area contributed by atoms with E-state index in [0.717, 1.165) is 19.4 Å². The highest BCUT2D eigenvalue weighted by Gasteiger charge is 2.31. The Labute approximate surface area is 124 Å². The summed E-state index contributed by atoms with van der Waals surface area (Å²) in [4.78, 5) is 13.9. The molecule has 1 fully saturated rings. The van der Waals surface area contributed by atoms with Crippen molar-refractivity contribution in [3.05, 3.63) is 22.4 Å². The number of carbonyl (C=O) groups excluding carboxylic acids is 1. The molecule has 2 unspecified atom stereocenters. The van der Waals surface area contributed by atoms with Gasteiger partial charge in [-0.15, -0.1) is 0 Å². The fraction of sp³-hybridized carbons (Fsp3) is 0.667. The number of carbonyl (C=O) groups is 1. The van der Waals surface area contributed by atoms with Crippen LogP contribution in [0.25, 0.3) is 0 Å². The van der Waals surface area contributed by atoms with Crippen LogP contribution in [0, 0.1) is 5.92 Å². The number of piperidine rings is 1. The first-order valence-electron chi connectivity index (χ1n) is 7.08. The molecule has 2 N–H and O–H groups in total. The number of amides is 1. The van der Waals surface area contributed by atoms with Gasteiger partial charge in [0.05, 0.1) is 0 Å². The van der Waals surface area contributed by atoms with Crippen molar-refractivity contribution < 1.29 is 9.53 Å². The van der Waals surface area contributed by atoms with E-state index in [1.165, 1.54) is 5.56 Å². The van der Waals surface area contributed by atoms with Gasteiger partial charge in [0.25, 0.3) is 0 Å². The third kappa shape index (κ3) is 4.49. The van der Waals surface area contributed by atoms with Crippen LogP contribution in [-0.2, 0) is 11.2 Å². The molecule has 1 aliphatic heterocycles. The fourth-order valence-electron chi connectivity index (χ4n) is 2.61. The molecule has 112 valence electrons. The van der Waals surface area contributed by atoms with E-state index in [9.17, 15) is 4.79 Å². The van der Waals surface area contributed by atoms with Gasteiger partial charge in [0.15, 0.2) is 0 Å². The second kappa shape index (κ2) is 6.14. The highest BCUT2D eigenvalue weighted by Crippen LogP contribution is 2.23. The van der Waals surface area contributed by atoms with Crippen LogP contribution in [0.4, 0.5) is 4.79 Å². The summed E-state index contributed by atoms with van der Waals surface area (Å²) in [7, 11) is 0. The molecule has 4 nitrogen and oxygen atoms in total. The van der Waals surface area contributed by atoms with Crippen molar-refractivity contribution in [1.29, 1.82) is 0 Å². The zero-order valence-electron chi connectivity index (χ0n) is 12.5. The molecule has 0 saturated carbocycles. The van der Waals surface area contributed by atoms with E-state index < -0.39 is 5.60 Å². The molecule has 2 heterocycles. The normalized spacial score (nSPS) is 23.7. The van der Waals surface area contributed by atoms with Crippen molar-refractivity contribution in [2.75, 3.05) is 13.1 Å². The Morgan fingerprint density at radius 2 is 2.25 bits per heavy atom. The summed E-state index contributed by atoms with van der Waals surface area (Å²) in [6.45, 7) is 6.99. The molecule has 20 heavy (non-hydrogen) atoms. The van der Waals surface area contributed by atoms with Gasteiger partial charge >= 0.3 is 6.09 Å². The van der Waals surface area contributed by atoms with Gasteiger partial charge in [-0.3, -0.25) is 0 Å². The molecule has 0 aromatic carbocycles. The standard InChI is InChI=1S/C15H24N2O2S/c1-15(2,3)19-14(18)17-8-12(7-13(16)9-17)6-11-4-5-20-10-11/h4-5,10,12-13H,6-9,16H2,1-3H3. The van der Waals surface area contributed by atoms with Crippen LogP contribution >= 0.6 is 11.3 Å². The maximum Gasteiger partial charge on any atom is 0.410 e. The average molecular weight is 296 g/mol. The van der Waals surface area contributed by atoms with E-state index in [4.69, 9.17) is 10.5 Å². The third-order valence-electron chi connectivity index (χ3n) is 3.33. The number of ether oxygens (including phenoxy) is 1. The van der Waals surface area contributed by atoms with Crippen molar-refractivity contribution in [3.8, 4) is 0 Å². The molecule has 0 bridgehead atoms. The second-order valence-corrected chi connectivity index (χ2v) is 7.36. The summed E-state index contributed by atoms with van der Waals surface area (Å²) in [5, 5.41) is 4.25. The van der Waals surface area contributed by atoms with Crippen molar-refractivity contribution in [2.24, 2.45) is 11.7 Å². The van der Waals surface area contributed by atoms with Crippen LogP contribution in [0.2, 0.25) is 0 Å². The minimum atomic E-state index is -0.457. The first-order chi connectivity index (χ1) is 9.33. The lowest BCUT2D eigenvalue weighted by atomic mass is 9.90. The Bertz CT molecular complexity index is 439. The van der Waals surface area contributed by atoms with Crippen LogP contribution < -0.4 is 5.73 Å². The third-order valence-corrected chi connectivity index (χ3v) is 4.06. The maximum absolute atomic E-state index is 12.2. The Morgan fingerprint density at radius 1 is 1.50 bits per heavy atom. The SMILES string of the molecule is CC(C)(C)OC(=O)N1CC(N)CC(Cc2ccsc2)C1. The van der Waals surface area contributed by atoms with E-state index in [-0.39, 0.29) is 12.1 Å². The molecular weight excluding hydrogens is 272 g/mol. The zero-order chi connectivity index (χ0) is 14.8. The largest absolute Gasteiger partial charge is 0.444 e. The fourth-order valence-corrected chi connectivity index (χ4v) is 3.29. The number of thiophene rings is 1. The molecule has 1 amide bonds. The van der Waals surface area contributed by atoms with Gasteiger partial charge in [-0.2, -0.15) is 11.3 Å². The quantitative estimate of drug-likeness (QED) is 0.913. The zero-order valence-corrected chi connectivity index (χ0v) is 13.3. The molecule has 2 rings (SSSR count). The predicted octanol–water partition coefficient (Wildman–Crippen LogP) is 2.87. The number of likely N-dealkylation sites (tertiary alicyclic amines) is 1. The maximum atomic E-state index is 12.2. The number of nitrogens with zero attached hydrogens (tertiary/aromatic N) is 1. The number of rotatable bonds is 2. The number of hydrogen-bond donors (Lipinski definition) is 1. The lowest BCUT2D eigenvalue weighted by Gasteiger charge is -2.37. The van der Waals surface area contributed by atoms with Crippen LogP contribution in [0.3, 0.4) is 0 Å². The molecule has 1 aromatic heterocycles. The lowest BCUT2D eigenvalue weighted by Crippen LogP contribution is -2.51. The lowest BCUT2D eigenvalue weighted by molar-refractivity contribution is 0.0145. The second-order valence-electron chi connectivity index (χ2n) is 6.58. The summed E-state index contributed by atoms with van der Waals surface area (Å²) >= 11 is 1.71. The van der Waals surface area contributed by atoms with Gasteiger partial charge in [-0.05, 0) is 61.9 Å². The Balaban J connectivity index is 1.95. The molecule has 1 aliphatic rings. The van der Waals surface area contributed by atoms with Gasteiger partial charge in [-0.1, -0.05) is 0 Å². The molecule has 1 aromatic rings. The number of hydrogen-bond acceptors (Lipinski definition) is 4. The molecule has 5 heteroatoms. The summed E-state index contributed by atoms with van der Waals surface area (Å²) < 4.78 is 5.44.